The Morgan fingerprint density at radius 1 is 0.920 bits per heavy atom. The normalized spacial score (nSPS) is 41.0. The Hall–Kier alpha value is -1.30. The molecule has 0 aromatic rings. The summed E-state index contributed by atoms with van der Waals surface area (Å²) in [4.78, 5) is 28.2. The fourth-order valence-electron chi connectivity index (χ4n) is 12.7. The third-order valence-corrected chi connectivity index (χ3v) is 15.3. The zero-order valence-corrected chi connectivity index (χ0v) is 31.5. The van der Waals surface area contributed by atoms with Gasteiger partial charge in [-0.1, -0.05) is 57.3 Å². The molecule has 0 aromatic heterocycles. The van der Waals surface area contributed by atoms with Crippen LogP contribution in [0.5, 0.6) is 0 Å². The number of hydrogen-bond donors (Lipinski definition) is 4. The zero-order valence-electron chi connectivity index (χ0n) is 31.5. The number of ether oxygens (including phenoxy) is 1. The van der Waals surface area contributed by atoms with Crippen molar-refractivity contribution in [3.8, 4) is 11.8 Å². The first-order valence-corrected chi connectivity index (χ1v) is 21.1. The van der Waals surface area contributed by atoms with Gasteiger partial charge in [0.1, 0.15) is 11.6 Å². The summed E-state index contributed by atoms with van der Waals surface area (Å²) in [6.45, 7) is 3.33. The van der Waals surface area contributed by atoms with Crippen molar-refractivity contribution < 1.29 is 24.5 Å². The summed E-state index contributed by atoms with van der Waals surface area (Å²) < 4.78 is 5.76. The second kappa shape index (κ2) is 17.7. The molecule has 0 aromatic carbocycles. The number of aliphatic hydroxyl groups is 2. The molecule has 7 nitrogen and oxygen atoms in total. The lowest BCUT2D eigenvalue weighted by Crippen LogP contribution is -2.50. The van der Waals surface area contributed by atoms with Crippen LogP contribution in [0.25, 0.3) is 0 Å². The quantitative estimate of drug-likeness (QED) is 0.163. The van der Waals surface area contributed by atoms with Crippen LogP contribution in [0.4, 0.5) is 0 Å². The van der Waals surface area contributed by atoms with Gasteiger partial charge in [-0.05, 0) is 137 Å². The molecule has 50 heavy (non-hydrogen) atoms. The van der Waals surface area contributed by atoms with Gasteiger partial charge in [0.15, 0.2) is 0 Å². The fraction of sp³-hybridized carbons (Fsp3) is 0.907. The van der Waals surface area contributed by atoms with Crippen molar-refractivity contribution in [2.45, 2.75) is 160 Å². The van der Waals surface area contributed by atoms with E-state index >= 15 is 0 Å². The number of fused-ring (bicyclic) bond motifs is 2. The molecule has 4 saturated carbocycles. The third kappa shape index (κ3) is 8.57. The first-order chi connectivity index (χ1) is 24.3. The molecule has 7 heteroatoms. The highest BCUT2D eigenvalue weighted by molar-refractivity contribution is 6.00. The summed E-state index contributed by atoms with van der Waals surface area (Å²) >= 11 is 0. The molecule has 5 aliphatic carbocycles. The summed E-state index contributed by atoms with van der Waals surface area (Å²) in [5, 5.41) is 25.6. The topological polar surface area (TPSA) is 122 Å². The van der Waals surface area contributed by atoms with Crippen molar-refractivity contribution >= 4 is 11.6 Å². The van der Waals surface area contributed by atoms with E-state index in [1.54, 1.807) is 7.11 Å². The Labute approximate surface area is 303 Å². The van der Waals surface area contributed by atoms with Crippen molar-refractivity contribution in [2.75, 3.05) is 20.3 Å². The maximum absolute atomic E-state index is 14.5. The van der Waals surface area contributed by atoms with Crippen molar-refractivity contribution in [3.05, 3.63) is 0 Å². The lowest BCUT2D eigenvalue weighted by molar-refractivity contribution is -0.131. The number of hydrogen-bond acceptors (Lipinski definition) is 7. The lowest BCUT2D eigenvalue weighted by atomic mass is 9.58. The summed E-state index contributed by atoms with van der Waals surface area (Å²) in [6, 6.07) is 0. The summed E-state index contributed by atoms with van der Waals surface area (Å²) in [5.74, 6) is 10.3. The molecule has 1 aliphatic heterocycles. The van der Waals surface area contributed by atoms with E-state index in [1.165, 1.54) is 57.8 Å². The van der Waals surface area contributed by atoms with Crippen LogP contribution in [0.1, 0.15) is 142 Å². The standard InChI is InChI=1S/C43H70N2O5/c1-3-9-31(27-46)32-21-34(43(17-7-8-18-43)33-16-19-45-42(44)24-33)20-29-13-15-36(28-10-5-4-6-11-28)37-26-40(49)41(50-2)23-30(37)12-14-35(47)25-39(48)38(29)22-32/h28-34,36-38,40-42,45-46,49H,3-12,14,16-27,44H2,1-2H3. The number of ketones is 2. The first-order valence-electron chi connectivity index (χ1n) is 21.1. The fourth-order valence-corrected chi connectivity index (χ4v) is 12.7. The predicted octanol–water partition coefficient (Wildman–Crippen LogP) is 6.81. The number of piperidine rings is 1. The van der Waals surface area contributed by atoms with Crippen molar-refractivity contribution in [1.82, 2.24) is 5.32 Å². The predicted molar refractivity (Wildman–Crippen MR) is 198 cm³/mol. The van der Waals surface area contributed by atoms with Gasteiger partial charge in [-0.25, -0.2) is 0 Å². The third-order valence-electron chi connectivity index (χ3n) is 15.3. The summed E-state index contributed by atoms with van der Waals surface area (Å²) in [5.41, 5.74) is 6.78. The maximum atomic E-state index is 14.5. The van der Waals surface area contributed by atoms with Gasteiger partial charge in [-0.15, -0.1) is 0 Å². The van der Waals surface area contributed by atoms with Gasteiger partial charge < -0.3 is 26.0 Å². The Bertz CT molecular complexity index is 1180. The molecule has 12 unspecified atom stereocenters. The molecule has 12 atom stereocenters. The summed E-state index contributed by atoms with van der Waals surface area (Å²) in [7, 11) is 1.69. The monoisotopic (exact) mass is 695 g/mol. The van der Waals surface area contributed by atoms with E-state index < -0.39 is 6.10 Å². The molecule has 6 rings (SSSR count). The minimum absolute atomic E-state index is 0.00582. The van der Waals surface area contributed by atoms with E-state index in [0.29, 0.717) is 30.6 Å². The molecule has 5 fully saturated rings. The number of carbonyl (C=O) groups is 2. The molecule has 1 heterocycles. The molecule has 282 valence electrons. The second-order valence-electron chi connectivity index (χ2n) is 18.0. The minimum atomic E-state index is -0.511. The van der Waals surface area contributed by atoms with Crippen LogP contribution in [0.3, 0.4) is 0 Å². The number of rotatable bonds is 8. The highest BCUT2D eigenvalue weighted by Crippen LogP contribution is 2.59. The minimum Gasteiger partial charge on any atom is -0.396 e. The maximum Gasteiger partial charge on any atom is 0.144 e. The number of methoxy groups -OCH3 is 1. The van der Waals surface area contributed by atoms with Crippen LogP contribution in [-0.2, 0) is 14.3 Å². The molecule has 0 spiro atoms. The largest absolute Gasteiger partial charge is 0.396 e. The van der Waals surface area contributed by atoms with Gasteiger partial charge in [0.05, 0.1) is 24.8 Å². The Morgan fingerprint density at radius 3 is 2.40 bits per heavy atom. The molecule has 0 radical (unpaired) electrons. The highest BCUT2D eigenvalue weighted by atomic mass is 16.5. The van der Waals surface area contributed by atoms with Gasteiger partial charge >= 0.3 is 0 Å². The Morgan fingerprint density at radius 2 is 1.70 bits per heavy atom. The van der Waals surface area contributed by atoms with Crippen LogP contribution < -0.4 is 11.1 Å². The van der Waals surface area contributed by atoms with Gasteiger partial charge in [0.2, 0.25) is 0 Å². The second-order valence-corrected chi connectivity index (χ2v) is 18.0. The molecule has 1 saturated heterocycles. The van der Waals surface area contributed by atoms with Gasteiger partial charge in [-0.3, -0.25) is 9.59 Å². The molecule has 0 bridgehead atoms. The van der Waals surface area contributed by atoms with Crippen LogP contribution >= 0.6 is 0 Å². The SMILES string of the molecule is CCCC(CO)C1CC2C(=O)CC(=O)CCC3CC(OC)C(O)CC3C(C3CCCCC3)C#CC2CC(C2(C3CCNC(N)C3)CCCC2)C1. The van der Waals surface area contributed by atoms with Crippen LogP contribution in [-0.4, -0.2) is 60.4 Å². The molecular weight excluding hydrogens is 624 g/mol. The van der Waals surface area contributed by atoms with Gasteiger partial charge in [0, 0.05) is 37.9 Å². The smallest absolute Gasteiger partial charge is 0.144 e. The van der Waals surface area contributed by atoms with Crippen LogP contribution in [0, 0.1) is 76.4 Å². The van der Waals surface area contributed by atoms with Crippen LogP contribution in [0.2, 0.25) is 0 Å². The number of nitrogens with one attached hydrogen (secondary N) is 1. The molecule has 6 aliphatic rings. The number of nitrogens with two attached hydrogens (primary N) is 1. The van der Waals surface area contributed by atoms with Gasteiger partial charge in [-0.2, -0.15) is 0 Å². The Balaban J connectivity index is 1.43. The Kier molecular flexibility index (Phi) is 13.6. The molecular formula is C43H70N2O5. The highest BCUT2D eigenvalue weighted by Gasteiger charge is 2.52. The molecule has 0 amide bonds. The van der Waals surface area contributed by atoms with Crippen molar-refractivity contribution in [2.24, 2.45) is 70.3 Å². The molecule has 5 N–H and O–H groups in total. The van der Waals surface area contributed by atoms with Crippen molar-refractivity contribution in [3.63, 3.8) is 0 Å². The zero-order chi connectivity index (χ0) is 35.3. The van der Waals surface area contributed by atoms with Gasteiger partial charge in [0.25, 0.3) is 0 Å². The lowest BCUT2D eigenvalue weighted by Gasteiger charge is -2.48. The van der Waals surface area contributed by atoms with Crippen LogP contribution in [0.15, 0.2) is 0 Å². The van der Waals surface area contributed by atoms with E-state index in [0.717, 1.165) is 64.3 Å². The van der Waals surface area contributed by atoms with E-state index in [2.05, 4.69) is 24.1 Å². The van der Waals surface area contributed by atoms with E-state index in [4.69, 9.17) is 10.5 Å². The average Bonchev–Trinajstić information content (AvgIpc) is 3.54. The van der Waals surface area contributed by atoms with E-state index in [9.17, 15) is 19.8 Å². The van der Waals surface area contributed by atoms with E-state index in [1.807, 2.05) is 0 Å². The number of aliphatic hydroxyl groups excluding tert-OH is 2. The number of Topliss-reactive ketones (excluding diaryl/α,β-unsaturated/α-hetero) is 2. The average molecular weight is 695 g/mol. The van der Waals surface area contributed by atoms with E-state index in [-0.39, 0.29) is 83.7 Å². The number of carbonyl (C=O) groups excluding carboxylic acids is 2. The van der Waals surface area contributed by atoms with Crippen molar-refractivity contribution in [1.29, 1.82) is 0 Å². The summed E-state index contributed by atoms with van der Waals surface area (Å²) in [6.07, 6.45) is 19.8. The first kappa shape index (κ1) is 38.4.